The second-order valence-corrected chi connectivity index (χ2v) is 5.79. The van der Waals surface area contributed by atoms with E-state index in [1.807, 2.05) is 0 Å². The largest absolute Gasteiger partial charge is 0.438 e. The molecule has 0 aliphatic rings. The molecule has 0 N–H and O–H groups in total. The fourth-order valence-electron chi connectivity index (χ4n) is 0.870. The van der Waals surface area contributed by atoms with Gasteiger partial charge in [-0.1, -0.05) is 0 Å². The lowest BCUT2D eigenvalue weighted by atomic mass is 9.96. The number of hydrogen-bond donors (Lipinski definition) is 0. The van der Waals surface area contributed by atoms with Crippen LogP contribution in [0.5, 0.6) is 0 Å². The van der Waals surface area contributed by atoms with E-state index in [1.165, 1.54) is 0 Å². The van der Waals surface area contributed by atoms with E-state index in [1.54, 1.807) is 0 Å². The van der Waals surface area contributed by atoms with Crippen LogP contribution >= 0.6 is 10.7 Å². The topological polar surface area (TPSA) is 34.1 Å². The highest BCUT2D eigenvalue weighted by Gasteiger charge is 2.92. The van der Waals surface area contributed by atoms with Gasteiger partial charge in [-0.2, -0.15) is 43.9 Å². The van der Waals surface area contributed by atoms with Crippen molar-refractivity contribution >= 4 is 19.7 Å². The Labute approximate surface area is 106 Å². The molecule has 0 heterocycles. The van der Waals surface area contributed by atoms with Gasteiger partial charge in [-0.15, -0.1) is 0 Å². The summed E-state index contributed by atoms with van der Waals surface area (Å²) in [7, 11) is -3.36. The zero-order valence-electron chi connectivity index (χ0n) is 8.26. The minimum absolute atomic E-state index is 3.66. The standard InChI is InChI=1S/C5ClF11O2S/c6-20(18,19)5(16,17)2(8,9)1(7,3(10,11)12)4(13,14)15. The van der Waals surface area contributed by atoms with Crippen molar-refractivity contribution in [2.45, 2.75) is 29.2 Å². The maximum Gasteiger partial charge on any atom is 0.438 e. The van der Waals surface area contributed by atoms with Crippen molar-refractivity contribution in [2.75, 3.05) is 0 Å². The molecule has 0 aliphatic heterocycles. The smallest absolute Gasteiger partial charge is 0.216 e. The van der Waals surface area contributed by atoms with Gasteiger partial charge in [0, 0.05) is 10.7 Å². The predicted molar refractivity (Wildman–Crippen MR) is 40.6 cm³/mol. The highest BCUT2D eigenvalue weighted by molar-refractivity contribution is 8.14. The van der Waals surface area contributed by atoms with Crippen molar-refractivity contribution in [3.05, 3.63) is 0 Å². The Bertz CT molecular complexity index is 460. The van der Waals surface area contributed by atoms with Crippen molar-refractivity contribution in [3.63, 3.8) is 0 Å². The molecule has 0 saturated heterocycles. The second kappa shape index (κ2) is 4.48. The Morgan fingerprint density at radius 3 is 1.05 bits per heavy atom. The van der Waals surface area contributed by atoms with E-state index in [-0.39, 0.29) is 0 Å². The second-order valence-electron chi connectivity index (χ2n) is 3.18. The third kappa shape index (κ3) is 2.40. The lowest BCUT2D eigenvalue weighted by Gasteiger charge is -2.38. The molecule has 0 fully saturated rings. The van der Waals surface area contributed by atoms with Crippen LogP contribution in [0, 0.1) is 0 Å². The minimum Gasteiger partial charge on any atom is -0.216 e. The first-order chi connectivity index (χ1) is 8.25. The van der Waals surface area contributed by atoms with E-state index < -0.39 is 38.2 Å². The average Bonchev–Trinajstić information content (AvgIpc) is 2.10. The van der Waals surface area contributed by atoms with Gasteiger partial charge in [-0.05, 0) is 0 Å². The number of rotatable bonds is 3. The van der Waals surface area contributed by atoms with Crippen molar-refractivity contribution in [3.8, 4) is 0 Å². The fraction of sp³-hybridized carbons (Fsp3) is 1.00. The molecular formula is C5ClF11O2S. The van der Waals surface area contributed by atoms with E-state index in [4.69, 9.17) is 0 Å². The SMILES string of the molecule is O=S(=O)(Cl)C(F)(F)C(F)(F)C(F)(C(F)(F)F)C(F)(F)F. The third-order valence-electron chi connectivity index (χ3n) is 1.89. The molecule has 0 aromatic carbocycles. The number of hydrogen-bond acceptors (Lipinski definition) is 2. The molecule has 2 nitrogen and oxygen atoms in total. The summed E-state index contributed by atoms with van der Waals surface area (Å²) in [6.07, 6.45) is -15.2. The Morgan fingerprint density at radius 1 is 0.650 bits per heavy atom. The lowest BCUT2D eigenvalue weighted by molar-refractivity contribution is -0.416. The van der Waals surface area contributed by atoms with E-state index >= 15 is 0 Å². The summed E-state index contributed by atoms with van der Waals surface area (Å²) in [5, 5.41) is -7.18. The molecule has 0 bridgehead atoms. The molecule has 0 saturated carbocycles. The Morgan fingerprint density at radius 2 is 0.900 bits per heavy atom. The normalized spacial score (nSPS) is 16.4. The van der Waals surface area contributed by atoms with E-state index in [0.29, 0.717) is 0 Å². The van der Waals surface area contributed by atoms with Crippen LogP contribution in [0.2, 0.25) is 0 Å². The summed E-state index contributed by atoms with van der Waals surface area (Å²) in [5.41, 5.74) is -7.83. The summed E-state index contributed by atoms with van der Waals surface area (Å²) in [4.78, 5) is 0. The van der Waals surface area contributed by atoms with Crippen LogP contribution in [-0.2, 0) is 9.05 Å². The molecule has 0 aliphatic carbocycles. The van der Waals surface area contributed by atoms with Crippen LogP contribution in [0.1, 0.15) is 0 Å². The molecule has 0 spiro atoms. The van der Waals surface area contributed by atoms with Gasteiger partial charge in [0.05, 0.1) is 0 Å². The number of alkyl halides is 11. The zero-order valence-corrected chi connectivity index (χ0v) is 9.83. The molecule has 0 aromatic heterocycles. The summed E-state index contributed by atoms with van der Waals surface area (Å²) in [6.45, 7) is 0. The quantitative estimate of drug-likeness (QED) is 0.563. The van der Waals surface area contributed by atoms with Gasteiger partial charge < -0.3 is 0 Å². The monoisotopic (exact) mass is 368 g/mol. The van der Waals surface area contributed by atoms with Crippen molar-refractivity contribution in [1.82, 2.24) is 0 Å². The Balaban J connectivity index is 6.53. The van der Waals surface area contributed by atoms with Crippen LogP contribution in [0.15, 0.2) is 0 Å². The molecule has 0 aromatic rings. The summed E-state index contributed by atoms with van der Waals surface area (Å²) in [5.74, 6) is -7.77. The zero-order chi connectivity index (χ0) is 17.0. The average molecular weight is 369 g/mol. The predicted octanol–water partition coefficient (Wildman–Crippen LogP) is 3.62. The molecule has 0 rings (SSSR count). The Kier molecular flexibility index (Phi) is 4.36. The highest BCUT2D eigenvalue weighted by atomic mass is 35.7. The lowest BCUT2D eigenvalue weighted by Crippen LogP contribution is -2.71. The summed E-state index contributed by atoms with van der Waals surface area (Å²) < 4.78 is 155. The van der Waals surface area contributed by atoms with Gasteiger partial charge in [0.1, 0.15) is 0 Å². The van der Waals surface area contributed by atoms with Gasteiger partial charge in [0.15, 0.2) is 0 Å². The van der Waals surface area contributed by atoms with Crippen LogP contribution < -0.4 is 0 Å². The summed E-state index contributed by atoms with van der Waals surface area (Å²) >= 11 is 0. The molecule has 0 radical (unpaired) electrons. The van der Waals surface area contributed by atoms with Crippen LogP contribution in [0.3, 0.4) is 0 Å². The van der Waals surface area contributed by atoms with Crippen LogP contribution in [0.4, 0.5) is 48.3 Å². The Hall–Kier alpha value is -0.530. The fourth-order valence-corrected chi connectivity index (χ4v) is 1.61. The van der Waals surface area contributed by atoms with E-state index in [9.17, 15) is 56.7 Å². The molecule has 0 amide bonds. The van der Waals surface area contributed by atoms with Gasteiger partial charge in [-0.25, -0.2) is 12.8 Å². The third-order valence-corrected chi connectivity index (χ3v) is 3.34. The molecule has 0 unspecified atom stereocenters. The van der Waals surface area contributed by atoms with Gasteiger partial charge in [0.25, 0.3) is 0 Å². The molecular weight excluding hydrogens is 369 g/mol. The highest BCUT2D eigenvalue weighted by Crippen LogP contribution is 2.60. The number of halogens is 12. The van der Waals surface area contributed by atoms with Crippen molar-refractivity contribution in [2.24, 2.45) is 0 Å². The van der Waals surface area contributed by atoms with Gasteiger partial charge >= 0.3 is 38.2 Å². The maximum absolute atomic E-state index is 12.8. The molecule has 15 heteroatoms. The van der Waals surface area contributed by atoms with E-state index in [0.717, 1.165) is 0 Å². The molecule has 20 heavy (non-hydrogen) atoms. The first-order valence-corrected chi connectivity index (χ1v) is 6.08. The first-order valence-electron chi connectivity index (χ1n) is 3.77. The first kappa shape index (κ1) is 19.5. The molecule has 0 atom stereocenters. The summed E-state index contributed by atoms with van der Waals surface area (Å²) in [6, 6.07) is 0. The minimum atomic E-state index is -7.83. The van der Waals surface area contributed by atoms with Gasteiger partial charge in [0.2, 0.25) is 0 Å². The van der Waals surface area contributed by atoms with E-state index in [2.05, 4.69) is 10.7 Å². The van der Waals surface area contributed by atoms with Crippen LogP contribution in [-0.4, -0.2) is 37.6 Å². The van der Waals surface area contributed by atoms with Crippen molar-refractivity contribution < 1.29 is 56.7 Å². The molecule has 122 valence electrons. The maximum atomic E-state index is 12.8. The van der Waals surface area contributed by atoms with Crippen LogP contribution in [0.25, 0.3) is 0 Å². The van der Waals surface area contributed by atoms with Gasteiger partial charge in [-0.3, -0.25) is 0 Å². The van der Waals surface area contributed by atoms with Crippen molar-refractivity contribution in [1.29, 1.82) is 0 Å².